The first-order chi connectivity index (χ1) is 9.92. The van der Waals surface area contributed by atoms with E-state index in [4.69, 9.17) is 10.8 Å². The van der Waals surface area contributed by atoms with Gasteiger partial charge in [0.05, 0.1) is 36.6 Å². The van der Waals surface area contributed by atoms with Gasteiger partial charge in [0.25, 0.3) is 0 Å². The highest BCUT2D eigenvalue weighted by molar-refractivity contribution is 5.92. The number of nitrogen functional groups attached to an aromatic ring is 1. The third kappa shape index (κ3) is 3.15. The summed E-state index contributed by atoms with van der Waals surface area (Å²) in [6.45, 7) is -0.179. The number of nitrogens with two attached hydrogens (primary N) is 1. The highest BCUT2D eigenvalue weighted by Gasteiger charge is 2.35. The van der Waals surface area contributed by atoms with E-state index >= 15 is 0 Å². The number of esters is 1. The molecule has 1 fully saturated rings. The first-order valence-electron chi connectivity index (χ1n) is 6.28. The highest BCUT2D eigenvalue weighted by Crippen LogP contribution is 2.25. The molecule has 2 atom stereocenters. The number of ether oxygens (including phenoxy) is 1. The van der Waals surface area contributed by atoms with E-state index in [-0.39, 0.29) is 18.7 Å². The Bertz CT molecular complexity index is 566. The number of anilines is 2. The number of likely N-dealkylation sites (tertiary alicyclic amines) is 1. The van der Waals surface area contributed by atoms with Gasteiger partial charge < -0.3 is 25.8 Å². The molecule has 8 heteroatoms. The van der Waals surface area contributed by atoms with Gasteiger partial charge in [0.1, 0.15) is 6.17 Å². The largest absolute Gasteiger partial charge is 0.465 e. The first-order valence-corrected chi connectivity index (χ1v) is 6.28. The standard InChI is InChI=1S/C13H16FN3O4/c1-21-12(18)7-2-3-9(15)10(4-7)16-11-6-17(13(19)20)5-8(11)14/h2-4,8,11,16H,5-6,15H2,1H3,(H,19,20)/t8-,11-/m1/s1. The number of rotatable bonds is 3. The summed E-state index contributed by atoms with van der Waals surface area (Å²) >= 11 is 0. The van der Waals surface area contributed by atoms with Crippen LogP contribution in [0.5, 0.6) is 0 Å². The second-order valence-corrected chi connectivity index (χ2v) is 4.75. The lowest BCUT2D eigenvalue weighted by Gasteiger charge is -2.18. The third-order valence-electron chi connectivity index (χ3n) is 3.33. The van der Waals surface area contributed by atoms with Gasteiger partial charge in [-0.05, 0) is 18.2 Å². The molecule has 0 aromatic heterocycles. The minimum absolute atomic E-state index is 0.0123. The van der Waals surface area contributed by atoms with Gasteiger partial charge in [0.2, 0.25) is 0 Å². The fourth-order valence-electron chi connectivity index (χ4n) is 2.18. The number of carboxylic acid groups (broad SMARTS) is 1. The van der Waals surface area contributed by atoms with E-state index in [2.05, 4.69) is 10.1 Å². The normalized spacial score (nSPS) is 21.1. The third-order valence-corrected chi connectivity index (χ3v) is 3.33. The van der Waals surface area contributed by atoms with Gasteiger partial charge in [0.15, 0.2) is 0 Å². The van der Waals surface area contributed by atoms with Gasteiger partial charge in [-0.25, -0.2) is 14.0 Å². The summed E-state index contributed by atoms with van der Waals surface area (Å²) in [5.74, 6) is -0.534. The number of halogens is 1. The first kappa shape index (κ1) is 14.9. The van der Waals surface area contributed by atoms with E-state index in [9.17, 15) is 14.0 Å². The Morgan fingerprint density at radius 1 is 1.48 bits per heavy atom. The van der Waals surface area contributed by atoms with Crippen LogP contribution in [0.25, 0.3) is 0 Å². The molecule has 1 aromatic carbocycles. The summed E-state index contributed by atoms with van der Waals surface area (Å²) in [6, 6.07) is 3.75. The SMILES string of the molecule is COC(=O)c1ccc(N)c(N[C@@H]2CN(C(=O)O)C[C@H]2F)c1. The van der Waals surface area contributed by atoms with E-state index < -0.39 is 24.3 Å². The van der Waals surface area contributed by atoms with Gasteiger partial charge in [-0.2, -0.15) is 0 Å². The smallest absolute Gasteiger partial charge is 0.407 e. The fraction of sp³-hybridized carbons (Fsp3) is 0.385. The molecule has 1 aliphatic rings. The summed E-state index contributed by atoms with van der Waals surface area (Å²) in [5, 5.41) is 11.7. The quantitative estimate of drug-likeness (QED) is 0.571. The van der Waals surface area contributed by atoms with Crippen molar-refractivity contribution in [1.29, 1.82) is 0 Å². The van der Waals surface area contributed by atoms with Crippen LogP contribution in [-0.4, -0.2) is 54.5 Å². The minimum atomic E-state index is -1.35. The lowest BCUT2D eigenvalue weighted by molar-refractivity contribution is 0.0600. The van der Waals surface area contributed by atoms with Crippen LogP contribution in [0, 0.1) is 0 Å². The van der Waals surface area contributed by atoms with Crippen LogP contribution < -0.4 is 11.1 Å². The van der Waals surface area contributed by atoms with Crippen LogP contribution in [0.4, 0.5) is 20.6 Å². The molecule has 114 valence electrons. The van der Waals surface area contributed by atoms with E-state index in [1.54, 1.807) is 0 Å². The van der Waals surface area contributed by atoms with Crippen molar-refractivity contribution in [2.24, 2.45) is 0 Å². The Morgan fingerprint density at radius 3 is 2.76 bits per heavy atom. The zero-order valence-corrected chi connectivity index (χ0v) is 11.4. The van der Waals surface area contributed by atoms with Crippen LogP contribution in [0.2, 0.25) is 0 Å². The van der Waals surface area contributed by atoms with E-state index in [1.165, 1.54) is 25.3 Å². The van der Waals surface area contributed by atoms with Crippen molar-refractivity contribution in [2.45, 2.75) is 12.2 Å². The van der Waals surface area contributed by atoms with Gasteiger partial charge in [-0.3, -0.25) is 0 Å². The maximum absolute atomic E-state index is 13.8. The summed E-state index contributed by atoms with van der Waals surface area (Å²) in [6.07, 6.45) is -2.51. The second-order valence-electron chi connectivity index (χ2n) is 4.75. The van der Waals surface area contributed by atoms with Crippen molar-refractivity contribution in [3.63, 3.8) is 0 Å². The summed E-state index contributed by atoms with van der Waals surface area (Å²) < 4.78 is 18.4. The molecule has 21 heavy (non-hydrogen) atoms. The number of nitrogens with zero attached hydrogens (tertiary/aromatic N) is 1. The van der Waals surface area contributed by atoms with Crippen LogP contribution in [0.15, 0.2) is 18.2 Å². The van der Waals surface area contributed by atoms with Crippen LogP contribution in [0.1, 0.15) is 10.4 Å². The average Bonchev–Trinajstić information content (AvgIpc) is 2.82. The second kappa shape index (κ2) is 5.86. The molecule has 2 rings (SSSR count). The number of carbonyl (C=O) groups excluding carboxylic acids is 1. The Balaban J connectivity index is 2.16. The maximum atomic E-state index is 13.8. The van der Waals surface area contributed by atoms with E-state index in [0.29, 0.717) is 11.4 Å². The number of methoxy groups -OCH3 is 1. The molecule has 0 bridgehead atoms. The van der Waals surface area contributed by atoms with Gasteiger partial charge >= 0.3 is 12.1 Å². The molecule has 4 N–H and O–H groups in total. The number of carbonyl (C=O) groups is 2. The Kier molecular flexibility index (Phi) is 4.15. The zero-order valence-electron chi connectivity index (χ0n) is 11.4. The van der Waals surface area contributed by atoms with Crippen LogP contribution in [0.3, 0.4) is 0 Å². The van der Waals surface area contributed by atoms with Crippen molar-refractivity contribution < 1.29 is 23.8 Å². The summed E-state index contributed by atoms with van der Waals surface area (Å²) in [5.41, 5.74) is 6.77. The number of alkyl halides is 1. The molecule has 1 saturated heterocycles. The summed E-state index contributed by atoms with van der Waals surface area (Å²) in [7, 11) is 1.26. The molecule has 1 amide bonds. The van der Waals surface area contributed by atoms with Crippen molar-refractivity contribution >= 4 is 23.4 Å². The molecule has 0 radical (unpaired) electrons. The zero-order chi connectivity index (χ0) is 15.6. The van der Waals surface area contributed by atoms with Crippen molar-refractivity contribution in [2.75, 3.05) is 31.2 Å². The lowest BCUT2D eigenvalue weighted by Crippen LogP contribution is -2.31. The summed E-state index contributed by atoms with van der Waals surface area (Å²) in [4.78, 5) is 23.3. The molecule has 0 spiro atoms. The molecule has 0 aliphatic carbocycles. The molecule has 0 saturated carbocycles. The predicted molar refractivity (Wildman–Crippen MR) is 74.1 cm³/mol. The van der Waals surface area contributed by atoms with Crippen LogP contribution in [-0.2, 0) is 4.74 Å². The molecule has 1 aliphatic heterocycles. The topological polar surface area (TPSA) is 105 Å². The van der Waals surface area contributed by atoms with Gasteiger partial charge in [-0.15, -0.1) is 0 Å². The number of hydrogen-bond acceptors (Lipinski definition) is 5. The van der Waals surface area contributed by atoms with Crippen molar-refractivity contribution in [1.82, 2.24) is 4.90 Å². The maximum Gasteiger partial charge on any atom is 0.407 e. The van der Waals surface area contributed by atoms with Crippen LogP contribution >= 0.6 is 0 Å². The van der Waals surface area contributed by atoms with Crippen molar-refractivity contribution in [3.8, 4) is 0 Å². The number of hydrogen-bond donors (Lipinski definition) is 3. The Hall–Kier alpha value is -2.51. The monoisotopic (exact) mass is 297 g/mol. The molecule has 7 nitrogen and oxygen atoms in total. The number of benzene rings is 1. The highest BCUT2D eigenvalue weighted by atomic mass is 19.1. The Labute approximate surface area is 120 Å². The van der Waals surface area contributed by atoms with Gasteiger partial charge in [0, 0.05) is 6.54 Å². The Morgan fingerprint density at radius 2 is 2.19 bits per heavy atom. The lowest BCUT2D eigenvalue weighted by atomic mass is 10.1. The number of nitrogens with one attached hydrogen (secondary N) is 1. The molecule has 1 heterocycles. The molecular weight excluding hydrogens is 281 g/mol. The van der Waals surface area contributed by atoms with Gasteiger partial charge in [-0.1, -0.05) is 0 Å². The van der Waals surface area contributed by atoms with E-state index in [1.807, 2.05) is 0 Å². The van der Waals surface area contributed by atoms with E-state index in [0.717, 1.165) is 4.90 Å². The molecule has 1 aromatic rings. The predicted octanol–water partition coefficient (Wildman–Crippen LogP) is 1.17. The van der Waals surface area contributed by atoms with Crippen molar-refractivity contribution in [3.05, 3.63) is 23.8 Å². The molecular formula is C13H16FN3O4. The molecule has 0 unspecified atom stereocenters. The number of amides is 1. The average molecular weight is 297 g/mol. The minimum Gasteiger partial charge on any atom is -0.465 e. The fourth-order valence-corrected chi connectivity index (χ4v) is 2.18.